The molecule has 2 aromatic rings. The van der Waals surface area contributed by atoms with E-state index in [-0.39, 0.29) is 16.5 Å². The van der Waals surface area contributed by atoms with Crippen LogP contribution in [-0.2, 0) is 6.54 Å². The highest BCUT2D eigenvalue weighted by Crippen LogP contribution is 2.24. The van der Waals surface area contributed by atoms with E-state index in [0.29, 0.717) is 17.8 Å². The summed E-state index contributed by atoms with van der Waals surface area (Å²) in [5.41, 5.74) is 1.15. The van der Waals surface area contributed by atoms with Crippen molar-refractivity contribution >= 4 is 23.2 Å². The zero-order valence-corrected chi connectivity index (χ0v) is 12.7. The van der Waals surface area contributed by atoms with Gasteiger partial charge in [-0.2, -0.15) is 13.9 Å². The van der Waals surface area contributed by atoms with Crippen molar-refractivity contribution in [2.45, 2.75) is 27.0 Å². The van der Waals surface area contributed by atoms with Crippen molar-refractivity contribution in [2.75, 3.05) is 5.32 Å². The lowest BCUT2D eigenvalue weighted by atomic mass is 10.2. The zero-order valence-electron chi connectivity index (χ0n) is 11.9. The standard InChI is InChI=1S/C14H14ClF2N3O2/c1-3-20-7-10(15)12(19-20)13(21)18-11-5-4-9(6-8(11)2)22-14(16)17/h4-7,14H,3H2,1-2H3,(H,18,21). The smallest absolute Gasteiger partial charge is 0.387 e. The summed E-state index contributed by atoms with van der Waals surface area (Å²) in [6, 6.07) is 4.24. The van der Waals surface area contributed by atoms with Gasteiger partial charge in [-0.3, -0.25) is 9.48 Å². The van der Waals surface area contributed by atoms with E-state index in [1.807, 2.05) is 6.92 Å². The Hall–Kier alpha value is -2.15. The van der Waals surface area contributed by atoms with Gasteiger partial charge < -0.3 is 10.1 Å². The van der Waals surface area contributed by atoms with Crippen molar-refractivity contribution in [3.8, 4) is 5.75 Å². The van der Waals surface area contributed by atoms with Crippen molar-refractivity contribution in [1.82, 2.24) is 9.78 Å². The predicted molar refractivity (Wildman–Crippen MR) is 78.7 cm³/mol. The van der Waals surface area contributed by atoms with Crippen LogP contribution in [0.25, 0.3) is 0 Å². The molecule has 0 aliphatic carbocycles. The summed E-state index contributed by atoms with van der Waals surface area (Å²) in [5, 5.41) is 6.95. The number of hydrogen-bond acceptors (Lipinski definition) is 3. The molecule has 1 aromatic heterocycles. The molecular formula is C14H14ClF2N3O2. The molecule has 0 atom stereocenters. The summed E-state index contributed by atoms with van der Waals surface area (Å²) in [6.45, 7) is 1.24. The molecule has 1 amide bonds. The molecule has 0 spiro atoms. The molecule has 8 heteroatoms. The van der Waals surface area contributed by atoms with Crippen LogP contribution in [0.5, 0.6) is 5.75 Å². The van der Waals surface area contributed by atoms with E-state index in [4.69, 9.17) is 11.6 Å². The Balaban J connectivity index is 2.16. The predicted octanol–water partition coefficient (Wildman–Crippen LogP) is 3.72. The molecule has 0 unspecified atom stereocenters. The maximum absolute atomic E-state index is 12.2. The summed E-state index contributed by atoms with van der Waals surface area (Å²) in [4.78, 5) is 12.2. The van der Waals surface area contributed by atoms with E-state index in [1.54, 1.807) is 17.8 Å². The number of ether oxygens (including phenoxy) is 1. The molecule has 0 fully saturated rings. The van der Waals surface area contributed by atoms with E-state index < -0.39 is 12.5 Å². The van der Waals surface area contributed by atoms with Gasteiger partial charge in [0.15, 0.2) is 5.69 Å². The largest absolute Gasteiger partial charge is 0.435 e. The minimum Gasteiger partial charge on any atom is -0.435 e. The van der Waals surface area contributed by atoms with Crippen LogP contribution in [0.1, 0.15) is 23.0 Å². The van der Waals surface area contributed by atoms with E-state index in [9.17, 15) is 13.6 Å². The molecule has 118 valence electrons. The van der Waals surface area contributed by atoms with Crippen molar-refractivity contribution in [2.24, 2.45) is 0 Å². The number of amides is 1. The minimum atomic E-state index is -2.89. The molecule has 0 radical (unpaired) electrons. The van der Waals surface area contributed by atoms with Crippen LogP contribution in [0.15, 0.2) is 24.4 Å². The van der Waals surface area contributed by atoms with E-state index in [1.165, 1.54) is 18.2 Å². The molecule has 1 aromatic carbocycles. The van der Waals surface area contributed by atoms with Gasteiger partial charge in [-0.15, -0.1) is 0 Å². The van der Waals surface area contributed by atoms with Crippen LogP contribution >= 0.6 is 11.6 Å². The Morgan fingerprint density at radius 3 is 2.77 bits per heavy atom. The molecular weight excluding hydrogens is 316 g/mol. The topological polar surface area (TPSA) is 56.2 Å². The zero-order chi connectivity index (χ0) is 16.3. The SMILES string of the molecule is CCn1cc(Cl)c(C(=O)Nc2ccc(OC(F)F)cc2C)n1. The molecule has 2 rings (SSSR count). The molecule has 1 N–H and O–H groups in total. The fraction of sp³-hybridized carbons (Fsp3) is 0.286. The van der Waals surface area contributed by atoms with Crippen molar-refractivity contribution in [3.05, 3.63) is 40.7 Å². The van der Waals surface area contributed by atoms with E-state index in [2.05, 4.69) is 15.2 Å². The normalized spacial score (nSPS) is 10.8. The lowest BCUT2D eigenvalue weighted by molar-refractivity contribution is -0.0498. The second kappa shape index (κ2) is 6.74. The van der Waals surface area contributed by atoms with Crippen LogP contribution in [0, 0.1) is 6.92 Å². The van der Waals surface area contributed by atoms with Gasteiger partial charge >= 0.3 is 6.61 Å². The van der Waals surface area contributed by atoms with Gasteiger partial charge in [0.1, 0.15) is 5.75 Å². The van der Waals surface area contributed by atoms with Crippen LogP contribution in [0.3, 0.4) is 0 Å². The average molecular weight is 330 g/mol. The molecule has 5 nitrogen and oxygen atoms in total. The Bertz CT molecular complexity index is 689. The number of carbonyl (C=O) groups excluding carboxylic acids is 1. The summed E-state index contributed by atoms with van der Waals surface area (Å²) in [6.07, 6.45) is 1.56. The Morgan fingerprint density at radius 1 is 1.50 bits per heavy atom. The minimum absolute atomic E-state index is 0.0267. The highest BCUT2D eigenvalue weighted by atomic mass is 35.5. The Labute approximate surface area is 130 Å². The first-order valence-electron chi connectivity index (χ1n) is 6.50. The molecule has 0 aliphatic rings. The van der Waals surface area contributed by atoms with E-state index >= 15 is 0 Å². The number of carbonyl (C=O) groups is 1. The fourth-order valence-corrected chi connectivity index (χ4v) is 2.08. The number of benzene rings is 1. The highest BCUT2D eigenvalue weighted by Gasteiger charge is 2.16. The maximum atomic E-state index is 12.2. The van der Waals surface area contributed by atoms with Crippen LogP contribution in [0.4, 0.5) is 14.5 Å². The lowest BCUT2D eigenvalue weighted by Gasteiger charge is -2.10. The molecule has 0 aliphatic heterocycles. The number of aromatic nitrogens is 2. The number of aryl methyl sites for hydroxylation is 2. The highest BCUT2D eigenvalue weighted by molar-refractivity contribution is 6.34. The van der Waals surface area contributed by atoms with Crippen LogP contribution in [0.2, 0.25) is 5.02 Å². The van der Waals surface area contributed by atoms with Gasteiger partial charge in [0, 0.05) is 18.4 Å². The fourth-order valence-electron chi connectivity index (χ4n) is 1.85. The van der Waals surface area contributed by atoms with Gasteiger partial charge in [-0.1, -0.05) is 11.6 Å². The molecule has 0 bridgehead atoms. The average Bonchev–Trinajstić information content (AvgIpc) is 2.82. The lowest BCUT2D eigenvalue weighted by Crippen LogP contribution is -2.14. The first kappa shape index (κ1) is 16.2. The number of nitrogens with one attached hydrogen (secondary N) is 1. The van der Waals surface area contributed by atoms with Crippen molar-refractivity contribution < 1.29 is 18.3 Å². The molecule has 22 heavy (non-hydrogen) atoms. The number of rotatable bonds is 5. The van der Waals surface area contributed by atoms with Gasteiger partial charge in [0.05, 0.1) is 5.02 Å². The van der Waals surface area contributed by atoms with E-state index in [0.717, 1.165) is 0 Å². The molecule has 1 heterocycles. The summed E-state index contributed by atoms with van der Waals surface area (Å²) < 4.78 is 30.1. The van der Waals surface area contributed by atoms with Crippen molar-refractivity contribution in [3.63, 3.8) is 0 Å². The number of anilines is 1. The third kappa shape index (κ3) is 3.73. The van der Waals surface area contributed by atoms with Crippen LogP contribution in [-0.4, -0.2) is 22.3 Å². The number of halogens is 3. The third-order valence-corrected chi connectivity index (χ3v) is 3.20. The van der Waals surface area contributed by atoms with Gasteiger partial charge in [-0.25, -0.2) is 0 Å². The molecule has 0 saturated heterocycles. The summed E-state index contributed by atoms with van der Waals surface area (Å²) in [7, 11) is 0. The second-order valence-corrected chi connectivity index (χ2v) is 4.90. The first-order valence-corrected chi connectivity index (χ1v) is 6.88. The maximum Gasteiger partial charge on any atom is 0.387 e. The van der Waals surface area contributed by atoms with Gasteiger partial charge in [0.25, 0.3) is 5.91 Å². The second-order valence-electron chi connectivity index (χ2n) is 4.49. The van der Waals surface area contributed by atoms with Gasteiger partial charge in [0.2, 0.25) is 0 Å². The Morgan fingerprint density at radius 2 is 2.23 bits per heavy atom. The third-order valence-electron chi connectivity index (χ3n) is 2.93. The quantitative estimate of drug-likeness (QED) is 0.909. The van der Waals surface area contributed by atoms with Crippen LogP contribution < -0.4 is 10.1 Å². The van der Waals surface area contributed by atoms with Gasteiger partial charge in [-0.05, 0) is 37.6 Å². The number of alkyl halides is 2. The van der Waals surface area contributed by atoms with Crippen molar-refractivity contribution in [1.29, 1.82) is 0 Å². The summed E-state index contributed by atoms with van der Waals surface area (Å²) >= 11 is 5.96. The monoisotopic (exact) mass is 329 g/mol. The molecule has 0 saturated carbocycles. The number of nitrogens with zero attached hydrogens (tertiary/aromatic N) is 2. The Kier molecular flexibility index (Phi) is 4.97. The number of hydrogen-bond donors (Lipinski definition) is 1. The summed E-state index contributed by atoms with van der Waals surface area (Å²) in [5.74, 6) is -0.443. The first-order chi connectivity index (χ1) is 10.4.